The number of para-hydroxylation sites is 1. The van der Waals surface area contributed by atoms with Crippen molar-refractivity contribution in [3.63, 3.8) is 0 Å². The van der Waals surface area contributed by atoms with E-state index in [1.165, 1.54) is 11.0 Å². The minimum Gasteiger partial charge on any atom is -0.481 e. The lowest BCUT2D eigenvalue weighted by Crippen LogP contribution is -2.40. The maximum absolute atomic E-state index is 12.6. The Morgan fingerprint density at radius 1 is 1.17 bits per heavy atom. The number of hydrogen-bond acceptors (Lipinski definition) is 4. The molecule has 0 bridgehead atoms. The van der Waals surface area contributed by atoms with Gasteiger partial charge in [0.25, 0.3) is 5.91 Å². The number of amides is 1. The number of carboxylic acid groups (broad SMARTS) is 1. The Morgan fingerprint density at radius 2 is 1.88 bits per heavy atom. The molecule has 2 aromatic rings. The molecule has 1 spiro atoms. The van der Waals surface area contributed by atoms with Crippen LogP contribution in [-0.4, -0.2) is 50.0 Å². The summed E-state index contributed by atoms with van der Waals surface area (Å²) in [6.45, 7) is 1.17. The van der Waals surface area contributed by atoms with Gasteiger partial charge in [0.15, 0.2) is 5.69 Å². The summed E-state index contributed by atoms with van der Waals surface area (Å²) in [7, 11) is 0. The summed E-state index contributed by atoms with van der Waals surface area (Å²) in [6, 6.07) is 9.43. The van der Waals surface area contributed by atoms with Crippen molar-refractivity contribution in [2.24, 2.45) is 11.3 Å². The Kier molecular flexibility index (Phi) is 3.37. The first kappa shape index (κ1) is 14.9. The molecule has 1 saturated heterocycles. The van der Waals surface area contributed by atoms with E-state index in [-0.39, 0.29) is 17.2 Å². The number of carboxylic acids is 1. The van der Waals surface area contributed by atoms with Gasteiger partial charge in [0.2, 0.25) is 0 Å². The fourth-order valence-electron chi connectivity index (χ4n) is 3.61. The molecule has 0 radical (unpaired) electrons. The Bertz CT molecular complexity index is 778. The predicted molar refractivity (Wildman–Crippen MR) is 84.7 cm³/mol. The number of benzene rings is 1. The summed E-state index contributed by atoms with van der Waals surface area (Å²) in [5.74, 6) is -1.08. The minimum atomic E-state index is -0.708. The van der Waals surface area contributed by atoms with Gasteiger partial charge in [-0.1, -0.05) is 18.2 Å². The molecule has 2 heterocycles. The third-order valence-electron chi connectivity index (χ3n) is 5.23. The van der Waals surface area contributed by atoms with Gasteiger partial charge in [0.05, 0.1) is 17.8 Å². The van der Waals surface area contributed by atoms with Gasteiger partial charge in [-0.05, 0) is 36.8 Å². The van der Waals surface area contributed by atoms with E-state index in [1.807, 2.05) is 30.3 Å². The lowest BCUT2D eigenvalue weighted by Gasteiger charge is -2.32. The molecule has 1 aliphatic carbocycles. The van der Waals surface area contributed by atoms with E-state index in [4.69, 9.17) is 5.11 Å². The minimum absolute atomic E-state index is 0.0791. The van der Waals surface area contributed by atoms with Crippen LogP contribution in [0.4, 0.5) is 0 Å². The summed E-state index contributed by atoms with van der Waals surface area (Å²) < 4.78 is 0. The highest BCUT2D eigenvalue weighted by Crippen LogP contribution is 2.59. The zero-order valence-corrected chi connectivity index (χ0v) is 13.1. The van der Waals surface area contributed by atoms with E-state index in [0.29, 0.717) is 18.8 Å². The van der Waals surface area contributed by atoms with Crippen molar-refractivity contribution in [3.05, 3.63) is 42.2 Å². The summed E-state index contributed by atoms with van der Waals surface area (Å²) in [5.41, 5.74) is 1.04. The van der Waals surface area contributed by atoms with Gasteiger partial charge in [-0.2, -0.15) is 9.90 Å². The van der Waals surface area contributed by atoms with Crippen molar-refractivity contribution in [2.45, 2.75) is 19.3 Å². The number of hydrogen-bond donors (Lipinski definition) is 1. The van der Waals surface area contributed by atoms with E-state index in [1.54, 1.807) is 4.90 Å². The lowest BCUT2D eigenvalue weighted by molar-refractivity contribution is -0.139. The monoisotopic (exact) mass is 326 g/mol. The molecule has 4 rings (SSSR count). The van der Waals surface area contributed by atoms with Crippen molar-refractivity contribution < 1.29 is 14.7 Å². The van der Waals surface area contributed by atoms with Gasteiger partial charge in [-0.15, -0.1) is 5.10 Å². The molecule has 24 heavy (non-hydrogen) atoms. The van der Waals surface area contributed by atoms with Crippen molar-refractivity contribution >= 4 is 11.9 Å². The second-order valence-corrected chi connectivity index (χ2v) is 6.60. The second kappa shape index (κ2) is 5.43. The van der Waals surface area contributed by atoms with Crippen LogP contribution in [0.2, 0.25) is 0 Å². The van der Waals surface area contributed by atoms with Gasteiger partial charge in [0, 0.05) is 13.1 Å². The van der Waals surface area contributed by atoms with Crippen LogP contribution in [-0.2, 0) is 4.79 Å². The van der Waals surface area contributed by atoms with Crippen LogP contribution < -0.4 is 0 Å². The Balaban J connectivity index is 1.43. The van der Waals surface area contributed by atoms with E-state index in [9.17, 15) is 9.59 Å². The van der Waals surface area contributed by atoms with Crippen LogP contribution in [0.5, 0.6) is 0 Å². The van der Waals surface area contributed by atoms with Crippen molar-refractivity contribution in [3.8, 4) is 5.69 Å². The van der Waals surface area contributed by atoms with Crippen molar-refractivity contribution in [2.75, 3.05) is 13.1 Å². The van der Waals surface area contributed by atoms with E-state index < -0.39 is 5.97 Å². The normalized spacial score (nSPS) is 21.7. The molecule has 1 unspecified atom stereocenters. The number of rotatable bonds is 3. The molecular weight excluding hydrogens is 308 g/mol. The molecule has 7 heteroatoms. The largest absolute Gasteiger partial charge is 0.481 e. The highest BCUT2D eigenvalue weighted by molar-refractivity contribution is 5.92. The number of aromatic nitrogens is 3. The first-order valence-electron chi connectivity index (χ1n) is 8.09. The molecule has 1 aromatic carbocycles. The maximum atomic E-state index is 12.6. The average Bonchev–Trinajstić information content (AvgIpc) is 3.09. The van der Waals surface area contributed by atoms with Crippen LogP contribution in [0.3, 0.4) is 0 Å². The molecule has 1 N–H and O–H groups in total. The molecule has 7 nitrogen and oxygen atoms in total. The SMILES string of the molecule is O=C(O)C1CC12CCN(C(=O)c1cnn(-c3ccccc3)n1)CC2. The molecular formula is C17H18N4O3. The number of carbonyl (C=O) groups excluding carboxylic acids is 1. The lowest BCUT2D eigenvalue weighted by atomic mass is 9.90. The summed E-state index contributed by atoms with van der Waals surface area (Å²) >= 11 is 0. The topological polar surface area (TPSA) is 88.3 Å². The second-order valence-electron chi connectivity index (χ2n) is 6.60. The maximum Gasteiger partial charge on any atom is 0.307 e. The Hall–Kier alpha value is -2.70. The third-order valence-corrected chi connectivity index (χ3v) is 5.23. The summed E-state index contributed by atoms with van der Waals surface area (Å²) in [6.07, 6.45) is 3.73. The number of piperidine rings is 1. The van der Waals surface area contributed by atoms with E-state index in [2.05, 4.69) is 10.2 Å². The Morgan fingerprint density at radius 3 is 2.50 bits per heavy atom. The highest BCUT2D eigenvalue weighted by atomic mass is 16.4. The van der Waals surface area contributed by atoms with Gasteiger partial charge < -0.3 is 10.0 Å². The fourth-order valence-corrected chi connectivity index (χ4v) is 3.61. The predicted octanol–water partition coefficient (Wildman–Crippen LogP) is 1.59. The highest BCUT2D eigenvalue weighted by Gasteiger charge is 2.59. The molecule has 1 aromatic heterocycles. The molecule has 2 fully saturated rings. The Labute approximate surface area is 138 Å². The smallest absolute Gasteiger partial charge is 0.307 e. The van der Waals surface area contributed by atoms with E-state index in [0.717, 1.165) is 24.9 Å². The van der Waals surface area contributed by atoms with Crippen molar-refractivity contribution in [1.82, 2.24) is 19.9 Å². The summed E-state index contributed by atoms with van der Waals surface area (Å²) in [5, 5.41) is 17.6. The van der Waals surface area contributed by atoms with Gasteiger partial charge >= 0.3 is 5.97 Å². The molecule has 1 amide bonds. The first-order chi connectivity index (χ1) is 11.6. The molecule has 124 valence electrons. The van der Waals surface area contributed by atoms with Crippen LogP contribution in [0.25, 0.3) is 5.69 Å². The van der Waals surface area contributed by atoms with E-state index >= 15 is 0 Å². The number of aliphatic carboxylic acids is 1. The first-order valence-corrected chi connectivity index (χ1v) is 8.09. The van der Waals surface area contributed by atoms with Gasteiger partial charge in [-0.3, -0.25) is 9.59 Å². The number of likely N-dealkylation sites (tertiary alicyclic amines) is 1. The van der Waals surface area contributed by atoms with Crippen LogP contribution in [0.15, 0.2) is 36.5 Å². The quantitative estimate of drug-likeness (QED) is 0.925. The zero-order valence-electron chi connectivity index (χ0n) is 13.1. The van der Waals surface area contributed by atoms with Gasteiger partial charge in [-0.25, -0.2) is 0 Å². The number of nitrogens with zero attached hydrogens (tertiary/aromatic N) is 4. The molecule has 1 saturated carbocycles. The van der Waals surface area contributed by atoms with Gasteiger partial charge in [0.1, 0.15) is 0 Å². The standard InChI is InChI=1S/C17H18N4O3/c22-15(14-11-18-21(19-14)12-4-2-1-3-5-12)20-8-6-17(7-9-20)10-13(17)16(23)24/h1-5,11,13H,6-10H2,(H,23,24). The van der Waals surface area contributed by atoms with Crippen LogP contribution in [0, 0.1) is 11.3 Å². The third kappa shape index (κ3) is 2.46. The van der Waals surface area contributed by atoms with Crippen molar-refractivity contribution in [1.29, 1.82) is 0 Å². The molecule has 1 atom stereocenters. The number of carbonyl (C=O) groups is 2. The van der Waals surface area contributed by atoms with Crippen LogP contribution in [0.1, 0.15) is 29.8 Å². The molecule has 2 aliphatic rings. The average molecular weight is 326 g/mol. The zero-order chi connectivity index (χ0) is 16.7. The fraction of sp³-hybridized carbons (Fsp3) is 0.412. The summed E-state index contributed by atoms with van der Waals surface area (Å²) in [4.78, 5) is 26.9. The molecule has 1 aliphatic heterocycles. The van der Waals surface area contributed by atoms with Crippen LogP contribution >= 0.6 is 0 Å².